The number of hydrogen-bond acceptors (Lipinski definition) is 3. The van der Waals surface area contributed by atoms with Gasteiger partial charge in [-0.1, -0.05) is 23.7 Å². The number of halogens is 1. The Morgan fingerprint density at radius 1 is 1.25 bits per heavy atom. The van der Waals surface area contributed by atoms with Crippen LogP contribution in [-0.2, 0) is 11.8 Å². The van der Waals surface area contributed by atoms with Gasteiger partial charge in [0.1, 0.15) is 0 Å². The summed E-state index contributed by atoms with van der Waals surface area (Å²) in [5, 5.41) is 3.37. The van der Waals surface area contributed by atoms with E-state index in [1.807, 2.05) is 19.1 Å². The molecule has 1 N–H and O–H groups in total. The van der Waals surface area contributed by atoms with Gasteiger partial charge in [-0.05, 0) is 42.3 Å². The Morgan fingerprint density at radius 2 is 2.04 bits per heavy atom. The number of hydrogen-bond donors (Lipinski definition) is 1. The largest absolute Gasteiger partial charge is 0.419 e. The van der Waals surface area contributed by atoms with Crippen molar-refractivity contribution in [2.45, 2.75) is 6.92 Å². The highest BCUT2D eigenvalue weighted by atomic mass is 35.5. The number of oxazole rings is 1. The van der Waals surface area contributed by atoms with Crippen molar-refractivity contribution >= 4 is 39.9 Å². The van der Waals surface area contributed by atoms with E-state index < -0.39 is 5.76 Å². The molecule has 3 rings (SSSR count). The first kappa shape index (κ1) is 16.1. The molecule has 24 heavy (non-hydrogen) atoms. The first-order valence-electron chi connectivity index (χ1n) is 7.29. The Balaban J connectivity index is 1.81. The number of fused-ring (bicyclic) bond motifs is 1. The Labute approximate surface area is 143 Å². The summed E-state index contributed by atoms with van der Waals surface area (Å²) in [7, 11) is 1.63. The molecule has 1 heterocycles. The first-order chi connectivity index (χ1) is 11.4. The van der Waals surface area contributed by atoms with Gasteiger partial charge in [0.15, 0.2) is 5.58 Å². The number of benzene rings is 2. The topological polar surface area (TPSA) is 64.2 Å². The summed E-state index contributed by atoms with van der Waals surface area (Å²) in [6.07, 6.45) is 1.50. The molecule has 0 radical (unpaired) electrons. The fourth-order valence-electron chi connectivity index (χ4n) is 2.40. The molecule has 1 aromatic heterocycles. The van der Waals surface area contributed by atoms with E-state index in [-0.39, 0.29) is 5.91 Å². The number of anilines is 1. The van der Waals surface area contributed by atoms with Crippen molar-refractivity contribution in [3.63, 3.8) is 0 Å². The fraction of sp³-hybridized carbons (Fsp3) is 0.111. The van der Waals surface area contributed by atoms with Crippen LogP contribution in [-0.4, -0.2) is 10.5 Å². The van der Waals surface area contributed by atoms with Crippen molar-refractivity contribution in [2.75, 3.05) is 5.32 Å². The lowest BCUT2D eigenvalue weighted by atomic mass is 10.1. The molecule has 0 unspecified atom stereocenters. The van der Waals surface area contributed by atoms with Gasteiger partial charge in [0.25, 0.3) is 0 Å². The van der Waals surface area contributed by atoms with Crippen molar-refractivity contribution in [1.82, 2.24) is 4.57 Å². The number of carbonyl (C=O) groups is 1. The third kappa shape index (κ3) is 3.26. The third-order valence-corrected chi connectivity index (χ3v) is 3.92. The molecule has 5 nitrogen and oxygen atoms in total. The van der Waals surface area contributed by atoms with Crippen molar-refractivity contribution in [3.05, 3.63) is 69.7 Å². The van der Waals surface area contributed by atoms with Gasteiger partial charge in [0.2, 0.25) is 5.91 Å². The average molecular weight is 343 g/mol. The Hall–Kier alpha value is -2.79. The van der Waals surface area contributed by atoms with E-state index in [0.29, 0.717) is 21.8 Å². The number of aromatic nitrogens is 1. The smallest absolute Gasteiger partial charge is 0.408 e. The Kier molecular flexibility index (Phi) is 4.27. The summed E-state index contributed by atoms with van der Waals surface area (Å²) in [6.45, 7) is 1.84. The minimum Gasteiger partial charge on any atom is -0.408 e. The van der Waals surface area contributed by atoms with E-state index in [1.54, 1.807) is 37.4 Å². The molecule has 0 fully saturated rings. The molecular weight excluding hydrogens is 328 g/mol. The number of nitrogens with one attached hydrogen (secondary N) is 1. The maximum atomic E-state index is 12.2. The van der Waals surface area contributed by atoms with Crippen LogP contribution < -0.4 is 11.1 Å². The van der Waals surface area contributed by atoms with Crippen molar-refractivity contribution < 1.29 is 9.21 Å². The van der Waals surface area contributed by atoms with Crippen molar-refractivity contribution in [2.24, 2.45) is 7.05 Å². The molecule has 0 bridgehead atoms. The van der Waals surface area contributed by atoms with Crippen molar-refractivity contribution in [3.8, 4) is 0 Å². The van der Waals surface area contributed by atoms with Crippen LogP contribution in [0.3, 0.4) is 0 Å². The molecule has 6 heteroatoms. The summed E-state index contributed by atoms with van der Waals surface area (Å²) in [4.78, 5) is 23.7. The molecule has 0 atom stereocenters. The lowest BCUT2D eigenvalue weighted by Gasteiger charge is -2.05. The summed E-state index contributed by atoms with van der Waals surface area (Å²) in [5.41, 5.74) is 3.32. The monoisotopic (exact) mass is 342 g/mol. The Bertz CT molecular complexity index is 1010. The second kappa shape index (κ2) is 6.37. The van der Waals surface area contributed by atoms with E-state index in [9.17, 15) is 9.59 Å². The van der Waals surface area contributed by atoms with Crippen LogP contribution in [0.5, 0.6) is 0 Å². The molecule has 122 valence electrons. The highest BCUT2D eigenvalue weighted by Gasteiger charge is 2.08. The number of nitrogens with zero attached hydrogens (tertiary/aromatic N) is 1. The van der Waals surface area contributed by atoms with E-state index in [0.717, 1.165) is 11.1 Å². The summed E-state index contributed by atoms with van der Waals surface area (Å²) in [6, 6.07) is 12.4. The SMILES string of the molecule is CC(=CC(=O)Nc1ccc2c(c1)oc(=O)n2C)c1cccc(Cl)c1. The number of aryl methyl sites for hydroxylation is 1. The normalized spacial score (nSPS) is 11.7. The summed E-state index contributed by atoms with van der Waals surface area (Å²) in [5.74, 6) is -0.713. The van der Waals surface area contributed by atoms with Crippen LogP contribution in [0.4, 0.5) is 5.69 Å². The number of rotatable bonds is 3. The quantitative estimate of drug-likeness (QED) is 0.736. The number of amides is 1. The van der Waals surface area contributed by atoms with Gasteiger partial charge in [-0.3, -0.25) is 9.36 Å². The van der Waals surface area contributed by atoms with Crippen LogP contribution in [0, 0.1) is 0 Å². The number of carbonyl (C=O) groups excluding carboxylic acids is 1. The van der Waals surface area contributed by atoms with E-state index in [1.165, 1.54) is 10.6 Å². The molecule has 0 saturated carbocycles. The molecular formula is C18H15ClN2O3. The molecule has 0 aliphatic carbocycles. The maximum absolute atomic E-state index is 12.2. The van der Waals surface area contributed by atoms with Crippen LogP contribution in [0.15, 0.2) is 57.8 Å². The molecule has 2 aromatic carbocycles. The van der Waals surface area contributed by atoms with E-state index in [2.05, 4.69) is 5.32 Å². The van der Waals surface area contributed by atoms with Gasteiger partial charge in [-0.2, -0.15) is 0 Å². The van der Waals surface area contributed by atoms with Crippen LogP contribution in [0.25, 0.3) is 16.7 Å². The predicted molar refractivity (Wildman–Crippen MR) is 95.2 cm³/mol. The molecule has 0 aliphatic heterocycles. The summed E-state index contributed by atoms with van der Waals surface area (Å²) >= 11 is 5.96. The first-order valence-corrected chi connectivity index (χ1v) is 7.66. The second-order valence-electron chi connectivity index (χ2n) is 5.44. The zero-order valence-corrected chi connectivity index (χ0v) is 13.9. The van der Waals surface area contributed by atoms with Gasteiger partial charge in [-0.25, -0.2) is 4.79 Å². The molecule has 3 aromatic rings. The molecule has 0 saturated heterocycles. The highest BCUT2D eigenvalue weighted by molar-refractivity contribution is 6.30. The van der Waals surface area contributed by atoms with Gasteiger partial charge in [0.05, 0.1) is 5.52 Å². The highest BCUT2D eigenvalue weighted by Crippen LogP contribution is 2.20. The van der Waals surface area contributed by atoms with Gasteiger partial charge in [-0.15, -0.1) is 0 Å². The minimum atomic E-state index is -0.440. The van der Waals surface area contributed by atoms with Crippen LogP contribution >= 0.6 is 11.6 Å². The molecule has 0 aliphatic rings. The van der Waals surface area contributed by atoms with E-state index in [4.69, 9.17) is 16.0 Å². The molecule has 0 spiro atoms. The van der Waals surface area contributed by atoms with Gasteiger partial charge in [0, 0.05) is 29.9 Å². The van der Waals surface area contributed by atoms with Crippen LogP contribution in [0.1, 0.15) is 12.5 Å². The lowest BCUT2D eigenvalue weighted by molar-refractivity contribution is -0.111. The van der Waals surface area contributed by atoms with Crippen molar-refractivity contribution in [1.29, 1.82) is 0 Å². The minimum absolute atomic E-state index is 0.273. The zero-order valence-electron chi connectivity index (χ0n) is 13.2. The standard InChI is InChI=1S/C18H15ClN2O3/c1-11(12-4-3-5-13(19)9-12)8-17(22)20-14-6-7-15-16(10-14)24-18(23)21(15)2/h3-10H,1-2H3,(H,20,22). The average Bonchev–Trinajstić information content (AvgIpc) is 2.81. The van der Waals surface area contributed by atoms with E-state index >= 15 is 0 Å². The van der Waals surface area contributed by atoms with Gasteiger partial charge >= 0.3 is 5.76 Å². The second-order valence-corrected chi connectivity index (χ2v) is 5.87. The zero-order chi connectivity index (χ0) is 17.3. The molecule has 1 amide bonds. The van der Waals surface area contributed by atoms with Crippen LogP contribution in [0.2, 0.25) is 5.02 Å². The maximum Gasteiger partial charge on any atom is 0.419 e. The third-order valence-electron chi connectivity index (χ3n) is 3.69. The Morgan fingerprint density at radius 3 is 2.79 bits per heavy atom. The summed E-state index contributed by atoms with van der Waals surface area (Å²) < 4.78 is 6.52. The lowest BCUT2D eigenvalue weighted by Crippen LogP contribution is -2.09. The number of allylic oxidation sites excluding steroid dienone is 1. The van der Waals surface area contributed by atoms with Gasteiger partial charge < -0.3 is 9.73 Å². The predicted octanol–water partition coefficient (Wildman–Crippen LogP) is 3.83. The fourth-order valence-corrected chi connectivity index (χ4v) is 2.59.